The van der Waals surface area contributed by atoms with Crippen LogP contribution in [0.3, 0.4) is 0 Å². The van der Waals surface area contributed by atoms with Gasteiger partial charge < -0.3 is 10.1 Å². The minimum atomic E-state index is -0.385. The van der Waals surface area contributed by atoms with Crippen LogP contribution in [0.2, 0.25) is 0 Å². The van der Waals surface area contributed by atoms with Crippen molar-refractivity contribution in [2.75, 3.05) is 12.4 Å². The van der Waals surface area contributed by atoms with Crippen molar-refractivity contribution >= 4 is 11.8 Å². The number of methoxy groups -OCH3 is 1. The number of aromatic nitrogens is 2. The summed E-state index contributed by atoms with van der Waals surface area (Å²) in [4.78, 5) is 19.7. The van der Waals surface area contributed by atoms with Gasteiger partial charge in [0.05, 0.1) is 7.11 Å². The molecule has 0 saturated heterocycles. The van der Waals surface area contributed by atoms with Gasteiger partial charge in [0.2, 0.25) is 0 Å². The number of ether oxygens (including phenoxy) is 1. The molecule has 0 bridgehead atoms. The van der Waals surface area contributed by atoms with E-state index in [4.69, 9.17) is 0 Å². The lowest BCUT2D eigenvalue weighted by molar-refractivity contribution is -0.141. The molecule has 0 fully saturated rings. The number of hydrogen-bond acceptors (Lipinski definition) is 5. The number of nitrogens with zero attached hydrogens (tertiary/aromatic N) is 2. The molecular weight excluding hydrogens is 206 g/mol. The molecular formula is C11H15N3O2. The van der Waals surface area contributed by atoms with Gasteiger partial charge in [-0.1, -0.05) is 0 Å². The molecule has 5 nitrogen and oxygen atoms in total. The van der Waals surface area contributed by atoms with Gasteiger partial charge in [-0.3, -0.25) is 0 Å². The predicted octanol–water partition coefficient (Wildman–Crippen LogP) is 0.939. The normalized spacial score (nSPS) is 15.4. The standard InChI is InChI=1S/C11H15N3O2/c1-7(11(15)16-2)14-10-8-4-3-5-9(8)12-6-13-10/h6-7H,3-5H2,1-2H3,(H,12,13,14). The Morgan fingerprint density at radius 1 is 1.50 bits per heavy atom. The first-order chi connectivity index (χ1) is 7.72. The van der Waals surface area contributed by atoms with E-state index in [9.17, 15) is 4.79 Å². The lowest BCUT2D eigenvalue weighted by Gasteiger charge is -2.14. The lowest BCUT2D eigenvalue weighted by Crippen LogP contribution is -2.28. The monoisotopic (exact) mass is 221 g/mol. The number of carbonyl (C=O) groups excluding carboxylic acids is 1. The molecule has 0 aliphatic heterocycles. The van der Waals surface area contributed by atoms with Crippen molar-refractivity contribution in [2.24, 2.45) is 0 Å². The Hall–Kier alpha value is -1.65. The van der Waals surface area contributed by atoms with Crippen molar-refractivity contribution in [1.82, 2.24) is 9.97 Å². The molecule has 0 amide bonds. The zero-order valence-electron chi connectivity index (χ0n) is 9.49. The quantitative estimate of drug-likeness (QED) is 0.769. The zero-order chi connectivity index (χ0) is 11.5. The molecule has 5 heteroatoms. The molecule has 0 spiro atoms. The van der Waals surface area contributed by atoms with Gasteiger partial charge in [0.1, 0.15) is 18.2 Å². The Morgan fingerprint density at radius 2 is 2.31 bits per heavy atom. The summed E-state index contributed by atoms with van der Waals surface area (Å²) in [7, 11) is 1.38. The van der Waals surface area contributed by atoms with Crippen LogP contribution in [0, 0.1) is 0 Å². The van der Waals surface area contributed by atoms with E-state index in [1.165, 1.54) is 13.4 Å². The second-order valence-electron chi connectivity index (χ2n) is 3.89. The number of anilines is 1. The highest BCUT2D eigenvalue weighted by atomic mass is 16.5. The number of rotatable bonds is 3. The lowest BCUT2D eigenvalue weighted by atomic mass is 10.2. The SMILES string of the molecule is COC(=O)C(C)Nc1ncnc2c1CCC2. The second-order valence-corrected chi connectivity index (χ2v) is 3.89. The molecule has 1 aliphatic carbocycles. The molecule has 1 unspecified atom stereocenters. The molecule has 0 aromatic carbocycles. The van der Waals surface area contributed by atoms with Gasteiger partial charge in [-0.05, 0) is 26.2 Å². The molecule has 1 atom stereocenters. The number of hydrogen-bond donors (Lipinski definition) is 1. The first-order valence-electron chi connectivity index (χ1n) is 5.39. The summed E-state index contributed by atoms with van der Waals surface area (Å²) in [6, 6.07) is -0.385. The van der Waals surface area contributed by atoms with Crippen molar-refractivity contribution in [3.63, 3.8) is 0 Å². The van der Waals surface area contributed by atoms with Gasteiger partial charge in [-0.2, -0.15) is 0 Å². The third-order valence-corrected chi connectivity index (χ3v) is 2.78. The first-order valence-corrected chi connectivity index (χ1v) is 5.39. The smallest absolute Gasteiger partial charge is 0.328 e. The Balaban J connectivity index is 2.16. The van der Waals surface area contributed by atoms with E-state index < -0.39 is 0 Å². The van der Waals surface area contributed by atoms with Gasteiger partial charge in [0.15, 0.2) is 0 Å². The molecule has 1 heterocycles. The van der Waals surface area contributed by atoms with Crippen LogP contribution in [0.4, 0.5) is 5.82 Å². The van der Waals surface area contributed by atoms with Gasteiger partial charge in [0, 0.05) is 11.3 Å². The van der Waals surface area contributed by atoms with Crippen molar-refractivity contribution in [1.29, 1.82) is 0 Å². The van der Waals surface area contributed by atoms with Crippen LogP contribution in [-0.4, -0.2) is 29.1 Å². The topological polar surface area (TPSA) is 64.1 Å². The zero-order valence-corrected chi connectivity index (χ0v) is 9.49. The van der Waals surface area contributed by atoms with Gasteiger partial charge in [0.25, 0.3) is 0 Å². The number of esters is 1. The summed E-state index contributed by atoms with van der Waals surface area (Å²) in [6.07, 6.45) is 4.62. The minimum Gasteiger partial charge on any atom is -0.467 e. The number of aryl methyl sites for hydroxylation is 1. The maximum atomic E-state index is 11.3. The molecule has 0 saturated carbocycles. The molecule has 2 rings (SSSR count). The fraction of sp³-hybridized carbons (Fsp3) is 0.545. The number of fused-ring (bicyclic) bond motifs is 1. The summed E-state index contributed by atoms with van der Waals surface area (Å²) >= 11 is 0. The predicted molar refractivity (Wildman–Crippen MR) is 59.2 cm³/mol. The third kappa shape index (κ3) is 1.98. The van der Waals surface area contributed by atoms with E-state index in [2.05, 4.69) is 20.0 Å². The van der Waals surface area contributed by atoms with E-state index in [1.807, 2.05) is 0 Å². The van der Waals surface area contributed by atoms with Gasteiger partial charge >= 0.3 is 5.97 Å². The highest BCUT2D eigenvalue weighted by Crippen LogP contribution is 2.25. The highest BCUT2D eigenvalue weighted by Gasteiger charge is 2.20. The Morgan fingerprint density at radius 3 is 3.06 bits per heavy atom. The van der Waals surface area contributed by atoms with E-state index in [-0.39, 0.29) is 12.0 Å². The Bertz CT molecular complexity index is 406. The average molecular weight is 221 g/mol. The van der Waals surface area contributed by atoms with E-state index in [0.717, 1.165) is 36.3 Å². The van der Waals surface area contributed by atoms with Crippen molar-refractivity contribution in [3.8, 4) is 0 Å². The summed E-state index contributed by atoms with van der Waals surface area (Å²) in [5, 5.41) is 3.07. The van der Waals surface area contributed by atoms with Gasteiger partial charge in [-0.15, -0.1) is 0 Å². The number of carbonyl (C=O) groups is 1. The Labute approximate surface area is 94.2 Å². The molecule has 1 N–H and O–H groups in total. The van der Waals surface area contributed by atoms with Crippen LogP contribution in [0.1, 0.15) is 24.6 Å². The summed E-state index contributed by atoms with van der Waals surface area (Å²) in [5.74, 6) is 0.478. The fourth-order valence-electron chi connectivity index (χ4n) is 1.92. The van der Waals surface area contributed by atoms with E-state index in [1.54, 1.807) is 6.92 Å². The second kappa shape index (κ2) is 4.47. The molecule has 1 aliphatic rings. The summed E-state index contributed by atoms with van der Waals surface area (Å²) < 4.78 is 4.66. The maximum absolute atomic E-state index is 11.3. The van der Waals surface area contributed by atoms with Crippen LogP contribution in [0.15, 0.2) is 6.33 Å². The molecule has 1 aromatic heterocycles. The number of nitrogens with one attached hydrogen (secondary N) is 1. The first kappa shape index (κ1) is 10.9. The largest absolute Gasteiger partial charge is 0.467 e. The molecule has 1 aromatic rings. The van der Waals surface area contributed by atoms with Crippen molar-refractivity contribution in [3.05, 3.63) is 17.6 Å². The van der Waals surface area contributed by atoms with Crippen LogP contribution in [0.5, 0.6) is 0 Å². The summed E-state index contributed by atoms with van der Waals surface area (Å²) in [5.41, 5.74) is 2.23. The maximum Gasteiger partial charge on any atom is 0.328 e. The molecule has 0 radical (unpaired) electrons. The fourth-order valence-corrected chi connectivity index (χ4v) is 1.92. The third-order valence-electron chi connectivity index (χ3n) is 2.78. The van der Waals surface area contributed by atoms with Crippen LogP contribution in [-0.2, 0) is 22.4 Å². The van der Waals surface area contributed by atoms with E-state index >= 15 is 0 Å². The molecule has 86 valence electrons. The van der Waals surface area contributed by atoms with Crippen molar-refractivity contribution in [2.45, 2.75) is 32.2 Å². The Kier molecular flexibility index (Phi) is 3.03. The van der Waals surface area contributed by atoms with Crippen LogP contribution < -0.4 is 5.32 Å². The van der Waals surface area contributed by atoms with Crippen molar-refractivity contribution < 1.29 is 9.53 Å². The average Bonchev–Trinajstić information content (AvgIpc) is 2.77. The van der Waals surface area contributed by atoms with Crippen LogP contribution in [0.25, 0.3) is 0 Å². The highest BCUT2D eigenvalue weighted by molar-refractivity contribution is 5.78. The van der Waals surface area contributed by atoms with Gasteiger partial charge in [-0.25, -0.2) is 14.8 Å². The van der Waals surface area contributed by atoms with E-state index in [0.29, 0.717) is 0 Å². The van der Waals surface area contributed by atoms with Crippen LogP contribution >= 0.6 is 0 Å². The minimum absolute atomic E-state index is 0.287. The summed E-state index contributed by atoms with van der Waals surface area (Å²) in [6.45, 7) is 1.76. The molecule has 16 heavy (non-hydrogen) atoms.